The minimum Gasteiger partial charge on any atom is -0.469 e. The Morgan fingerprint density at radius 2 is 1.68 bits per heavy atom. The number of ketones is 1. The molecule has 2 aromatic carbocycles. The van der Waals surface area contributed by atoms with E-state index in [1.54, 1.807) is 12.1 Å². The van der Waals surface area contributed by atoms with Crippen LogP contribution in [0.3, 0.4) is 0 Å². The smallest absolute Gasteiger partial charge is 0.308 e. The number of esters is 1. The van der Waals surface area contributed by atoms with Crippen LogP contribution < -0.4 is 5.32 Å². The number of carbonyl (C=O) groups excluding carboxylic acids is 3. The lowest BCUT2D eigenvalue weighted by Gasteiger charge is -2.16. The van der Waals surface area contributed by atoms with E-state index >= 15 is 0 Å². The second-order valence-electron chi connectivity index (χ2n) is 12.7. The minimum atomic E-state index is -0.652. The van der Waals surface area contributed by atoms with Crippen molar-refractivity contribution in [3.05, 3.63) is 90.6 Å². The molecule has 3 rings (SSSR count). The number of carbonyl (C=O) groups is 3. The third-order valence-electron chi connectivity index (χ3n) is 8.80. The van der Waals surface area contributed by atoms with E-state index in [1.807, 2.05) is 78.8 Å². The van der Waals surface area contributed by atoms with Crippen molar-refractivity contribution < 1.29 is 19.1 Å². The van der Waals surface area contributed by atoms with E-state index in [9.17, 15) is 14.4 Å². The van der Waals surface area contributed by atoms with Crippen molar-refractivity contribution in [3.8, 4) is 0 Å². The zero-order valence-electron chi connectivity index (χ0n) is 30.9. The van der Waals surface area contributed by atoms with Crippen LogP contribution in [0.2, 0.25) is 5.02 Å². The minimum absolute atomic E-state index is 0.0214. The fraction of sp³-hybridized carbons (Fsp3) is 0.450. The number of halogens is 1. The fourth-order valence-electron chi connectivity index (χ4n) is 5.72. The molecule has 0 radical (unpaired) electrons. The van der Waals surface area contributed by atoms with Gasteiger partial charge in [-0.3, -0.25) is 19.4 Å². The number of aryl methyl sites for hydroxylation is 3. The van der Waals surface area contributed by atoms with Crippen LogP contribution in [0.1, 0.15) is 119 Å². The molecule has 1 amide bonds. The van der Waals surface area contributed by atoms with Gasteiger partial charge in [0.25, 0.3) is 5.91 Å². The molecular formula is C40H51ClN4O4S. The third kappa shape index (κ3) is 10.8. The average molecular weight is 719 g/mol. The van der Waals surface area contributed by atoms with Gasteiger partial charge in [0.05, 0.1) is 29.8 Å². The molecule has 8 nitrogen and oxygen atoms in total. The SMILES string of the molecule is CCC/C(C)=N\N=C(/C)C(CC(=O)OC)/N=C(/c1ccc(Cl)cc1)c1c(C)sc(C(=O)NCCCc2cccc(C)c2C(=O)[C@H](C)CC)c1C. The molecule has 0 saturated heterocycles. The van der Waals surface area contributed by atoms with Crippen molar-refractivity contribution in [2.75, 3.05) is 13.7 Å². The molecule has 1 aromatic heterocycles. The lowest BCUT2D eigenvalue weighted by Crippen LogP contribution is -2.25. The highest BCUT2D eigenvalue weighted by Crippen LogP contribution is 2.31. The van der Waals surface area contributed by atoms with Gasteiger partial charge in [-0.2, -0.15) is 10.2 Å². The number of hydrogen-bond acceptors (Lipinski definition) is 8. The number of hydrogen-bond donors (Lipinski definition) is 1. The highest BCUT2D eigenvalue weighted by molar-refractivity contribution is 7.14. The lowest BCUT2D eigenvalue weighted by atomic mass is 9.89. The number of rotatable bonds is 17. The van der Waals surface area contributed by atoms with Gasteiger partial charge in [0, 0.05) is 44.8 Å². The van der Waals surface area contributed by atoms with Gasteiger partial charge in [-0.05, 0) is 89.1 Å². The van der Waals surface area contributed by atoms with Crippen LogP contribution in [0.5, 0.6) is 0 Å². The number of Topliss-reactive ketones (excluding diaryl/α,β-unsaturated/α-hetero) is 1. The number of benzene rings is 2. The zero-order chi connectivity index (χ0) is 37.0. The second kappa shape index (κ2) is 19.4. The molecule has 1 unspecified atom stereocenters. The Morgan fingerprint density at radius 1 is 0.980 bits per heavy atom. The van der Waals surface area contributed by atoms with Gasteiger partial charge in [-0.1, -0.05) is 69.1 Å². The van der Waals surface area contributed by atoms with E-state index in [-0.39, 0.29) is 24.0 Å². The number of amides is 1. The van der Waals surface area contributed by atoms with Crippen molar-refractivity contribution in [2.45, 2.75) is 100.0 Å². The number of nitrogens with zero attached hydrogens (tertiary/aromatic N) is 3. The summed E-state index contributed by atoms with van der Waals surface area (Å²) in [5.41, 5.74) is 7.32. The summed E-state index contributed by atoms with van der Waals surface area (Å²) in [6.45, 7) is 16.2. The Bertz CT molecular complexity index is 1760. The van der Waals surface area contributed by atoms with Crippen LogP contribution in [-0.4, -0.2) is 54.5 Å². The molecule has 268 valence electrons. The first-order valence-corrected chi connectivity index (χ1v) is 18.5. The highest BCUT2D eigenvalue weighted by atomic mass is 35.5. The molecule has 50 heavy (non-hydrogen) atoms. The average Bonchev–Trinajstić information content (AvgIpc) is 3.39. The first-order valence-electron chi connectivity index (χ1n) is 17.3. The molecule has 3 aromatic rings. The standard InChI is InChI=1S/C40H51ClN4O4S/c1-10-14-26(5)44-45-28(7)33(23-34(46)49-9)43-37(31-18-20-32(41)21-19-31)36-27(6)39(50-29(36)8)40(48)42-22-13-17-30-16-12-15-25(4)35(30)38(47)24(3)11-2/h12,15-16,18-21,24,33H,10-11,13-14,17,22-23H2,1-9H3,(H,42,48)/b43-37-,44-26-,45-28+/t24-,33?/m1/s1. The largest absolute Gasteiger partial charge is 0.469 e. The molecule has 2 atom stereocenters. The maximum atomic E-state index is 13.6. The summed E-state index contributed by atoms with van der Waals surface area (Å²) in [6, 6.07) is 12.7. The number of nitrogens with one attached hydrogen (secondary N) is 1. The van der Waals surface area contributed by atoms with Gasteiger partial charge in [-0.25, -0.2) is 0 Å². The van der Waals surface area contributed by atoms with E-state index in [0.29, 0.717) is 40.7 Å². The van der Waals surface area contributed by atoms with Gasteiger partial charge in [0.2, 0.25) is 0 Å². The molecule has 0 aliphatic heterocycles. The topological polar surface area (TPSA) is 110 Å². The second-order valence-corrected chi connectivity index (χ2v) is 14.4. The summed E-state index contributed by atoms with van der Waals surface area (Å²) in [7, 11) is 1.35. The van der Waals surface area contributed by atoms with Crippen LogP contribution >= 0.6 is 22.9 Å². The van der Waals surface area contributed by atoms with Gasteiger partial charge in [-0.15, -0.1) is 11.3 Å². The molecule has 0 fully saturated rings. The summed E-state index contributed by atoms with van der Waals surface area (Å²) in [6.07, 6.45) is 3.92. The summed E-state index contributed by atoms with van der Waals surface area (Å²) < 4.78 is 5.02. The van der Waals surface area contributed by atoms with Gasteiger partial charge in [0.15, 0.2) is 5.78 Å². The van der Waals surface area contributed by atoms with Crippen LogP contribution in [-0.2, 0) is 16.0 Å². The molecule has 0 aliphatic rings. The van der Waals surface area contributed by atoms with Gasteiger partial charge in [0.1, 0.15) is 6.04 Å². The Morgan fingerprint density at radius 3 is 2.32 bits per heavy atom. The van der Waals surface area contributed by atoms with E-state index in [0.717, 1.165) is 63.2 Å². The van der Waals surface area contributed by atoms with Crippen molar-refractivity contribution in [3.63, 3.8) is 0 Å². The third-order valence-corrected chi connectivity index (χ3v) is 10.3. The molecule has 0 saturated carbocycles. The van der Waals surface area contributed by atoms with E-state index in [1.165, 1.54) is 18.4 Å². The van der Waals surface area contributed by atoms with Crippen LogP contribution in [0.15, 0.2) is 57.7 Å². The normalized spacial score (nSPS) is 13.6. The molecule has 1 heterocycles. The molecule has 0 bridgehead atoms. The van der Waals surface area contributed by atoms with Crippen LogP contribution in [0.25, 0.3) is 0 Å². The summed E-state index contributed by atoms with van der Waals surface area (Å²) in [5.74, 6) is -0.443. The molecule has 0 aliphatic carbocycles. The Balaban J connectivity index is 1.95. The first-order chi connectivity index (χ1) is 23.8. The van der Waals surface area contributed by atoms with Crippen LogP contribution in [0, 0.1) is 26.7 Å². The van der Waals surface area contributed by atoms with E-state index in [2.05, 4.69) is 22.4 Å². The van der Waals surface area contributed by atoms with Crippen molar-refractivity contribution in [2.24, 2.45) is 21.1 Å². The summed E-state index contributed by atoms with van der Waals surface area (Å²) in [4.78, 5) is 45.9. The fourth-order valence-corrected chi connectivity index (χ4v) is 6.92. The van der Waals surface area contributed by atoms with Crippen LogP contribution in [0.4, 0.5) is 0 Å². The van der Waals surface area contributed by atoms with E-state index < -0.39 is 12.0 Å². The number of thiophene rings is 1. The maximum absolute atomic E-state index is 13.6. The summed E-state index contributed by atoms with van der Waals surface area (Å²) in [5, 5.41) is 12.5. The monoisotopic (exact) mass is 718 g/mol. The lowest BCUT2D eigenvalue weighted by molar-refractivity contribution is -0.140. The van der Waals surface area contributed by atoms with Gasteiger partial charge < -0.3 is 10.1 Å². The Kier molecular flexibility index (Phi) is 15.7. The number of aliphatic imine (C=N–C) groups is 1. The molecule has 10 heteroatoms. The Hall–Kier alpha value is -3.95. The van der Waals surface area contributed by atoms with Crippen molar-refractivity contribution in [1.29, 1.82) is 0 Å². The summed E-state index contributed by atoms with van der Waals surface area (Å²) >= 11 is 7.67. The number of ether oxygens (including phenoxy) is 1. The molecular weight excluding hydrogens is 668 g/mol. The predicted molar refractivity (Wildman–Crippen MR) is 208 cm³/mol. The molecule has 0 spiro atoms. The number of methoxy groups -OCH3 is 1. The van der Waals surface area contributed by atoms with Crippen molar-refractivity contribution in [1.82, 2.24) is 5.32 Å². The maximum Gasteiger partial charge on any atom is 0.308 e. The predicted octanol–water partition coefficient (Wildman–Crippen LogP) is 9.32. The quantitative estimate of drug-likeness (QED) is 0.0493. The Labute approximate surface area is 306 Å². The van der Waals surface area contributed by atoms with E-state index in [4.69, 9.17) is 21.3 Å². The molecule has 1 N–H and O–H groups in total. The highest BCUT2D eigenvalue weighted by Gasteiger charge is 2.26. The zero-order valence-corrected chi connectivity index (χ0v) is 32.5. The van der Waals surface area contributed by atoms with Gasteiger partial charge >= 0.3 is 5.97 Å². The van der Waals surface area contributed by atoms with Crippen molar-refractivity contribution >= 4 is 57.7 Å². The first kappa shape index (κ1) is 40.5.